The number of hydrogen-bond donors (Lipinski definition) is 2. The van der Waals surface area contributed by atoms with Crippen LogP contribution >= 0.6 is 0 Å². The summed E-state index contributed by atoms with van der Waals surface area (Å²) in [6, 6.07) is 6.68. The lowest BCUT2D eigenvalue weighted by Gasteiger charge is -2.24. The minimum atomic E-state index is 0.571. The zero-order chi connectivity index (χ0) is 11.7. The van der Waals surface area contributed by atoms with Crippen LogP contribution < -0.4 is 10.6 Å². The first-order valence-electron chi connectivity index (χ1n) is 6.16. The molecule has 2 heterocycles. The molecule has 90 valence electrons. The Morgan fingerprint density at radius 2 is 2.18 bits per heavy atom. The van der Waals surface area contributed by atoms with Gasteiger partial charge in [-0.3, -0.25) is 0 Å². The predicted octanol–water partition coefficient (Wildman–Crippen LogP) is 2.30. The number of fused-ring (bicyclic) bond motifs is 1. The van der Waals surface area contributed by atoms with E-state index in [9.17, 15) is 0 Å². The van der Waals surface area contributed by atoms with E-state index in [2.05, 4.69) is 27.8 Å². The van der Waals surface area contributed by atoms with Crippen LogP contribution in [-0.2, 0) is 0 Å². The van der Waals surface area contributed by atoms with Gasteiger partial charge in [-0.25, -0.2) is 4.98 Å². The van der Waals surface area contributed by atoms with E-state index in [-0.39, 0.29) is 0 Å². The van der Waals surface area contributed by atoms with Crippen LogP contribution in [0, 0.1) is 6.92 Å². The smallest absolute Gasteiger partial charge is 0.192 e. The van der Waals surface area contributed by atoms with Crippen LogP contribution in [0.5, 0.6) is 0 Å². The number of piperidine rings is 1. The fourth-order valence-corrected chi connectivity index (χ4v) is 2.33. The fourth-order valence-electron chi connectivity index (χ4n) is 2.33. The number of hydrogen-bond acceptors (Lipinski definition) is 4. The molecule has 2 aromatic rings. The molecule has 3 rings (SSSR count). The van der Waals surface area contributed by atoms with E-state index in [0.717, 1.165) is 35.8 Å². The van der Waals surface area contributed by atoms with Gasteiger partial charge in [0.2, 0.25) is 0 Å². The fraction of sp³-hybridized carbons (Fsp3) is 0.462. The third-order valence-electron chi connectivity index (χ3n) is 3.20. The standard InChI is InChI=1S/C13H17N3O/c1-9-15-12-8-11(2-3-13(12)17-9)16-10-4-6-14-7-5-10/h2-3,8,10,14,16H,4-7H2,1H3. The van der Waals surface area contributed by atoms with Crippen molar-refractivity contribution in [2.75, 3.05) is 18.4 Å². The minimum absolute atomic E-state index is 0.571. The van der Waals surface area contributed by atoms with Crippen molar-refractivity contribution < 1.29 is 4.42 Å². The summed E-state index contributed by atoms with van der Waals surface area (Å²) in [4.78, 5) is 4.35. The molecule has 0 aliphatic carbocycles. The monoisotopic (exact) mass is 231 g/mol. The van der Waals surface area contributed by atoms with Crippen molar-refractivity contribution in [2.45, 2.75) is 25.8 Å². The zero-order valence-corrected chi connectivity index (χ0v) is 9.99. The van der Waals surface area contributed by atoms with Crippen molar-refractivity contribution in [3.63, 3.8) is 0 Å². The van der Waals surface area contributed by atoms with Crippen molar-refractivity contribution in [3.8, 4) is 0 Å². The second-order valence-electron chi connectivity index (χ2n) is 4.58. The molecule has 0 atom stereocenters. The number of benzene rings is 1. The van der Waals surface area contributed by atoms with E-state index < -0.39 is 0 Å². The van der Waals surface area contributed by atoms with E-state index in [1.807, 2.05) is 13.0 Å². The van der Waals surface area contributed by atoms with Crippen LogP contribution in [0.25, 0.3) is 11.1 Å². The largest absolute Gasteiger partial charge is 0.441 e. The number of nitrogens with zero attached hydrogens (tertiary/aromatic N) is 1. The van der Waals surface area contributed by atoms with Gasteiger partial charge in [0.1, 0.15) is 5.52 Å². The van der Waals surface area contributed by atoms with Gasteiger partial charge in [0, 0.05) is 18.7 Å². The van der Waals surface area contributed by atoms with Gasteiger partial charge in [-0.2, -0.15) is 0 Å². The van der Waals surface area contributed by atoms with Crippen LogP contribution in [0.3, 0.4) is 0 Å². The molecular weight excluding hydrogens is 214 g/mol. The third kappa shape index (κ3) is 2.26. The molecule has 1 saturated heterocycles. The van der Waals surface area contributed by atoms with Gasteiger partial charge in [-0.1, -0.05) is 0 Å². The summed E-state index contributed by atoms with van der Waals surface area (Å²) >= 11 is 0. The van der Waals surface area contributed by atoms with Gasteiger partial charge in [-0.15, -0.1) is 0 Å². The molecule has 2 N–H and O–H groups in total. The molecule has 1 aliphatic rings. The van der Waals surface area contributed by atoms with Gasteiger partial charge in [0.25, 0.3) is 0 Å². The molecule has 0 amide bonds. The van der Waals surface area contributed by atoms with E-state index in [0.29, 0.717) is 6.04 Å². The molecule has 4 heteroatoms. The Morgan fingerprint density at radius 3 is 3.00 bits per heavy atom. The van der Waals surface area contributed by atoms with Gasteiger partial charge in [0.05, 0.1) is 0 Å². The summed E-state index contributed by atoms with van der Waals surface area (Å²) < 4.78 is 5.46. The molecule has 17 heavy (non-hydrogen) atoms. The molecule has 1 fully saturated rings. The topological polar surface area (TPSA) is 50.1 Å². The molecule has 1 aromatic heterocycles. The molecule has 1 aromatic carbocycles. The van der Waals surface area contributed by atoms with Crippen LogP contribution in [0.2, 0.25) is 0 Å². The van der Waals surface area contributed by atoms with E-state index in [4.69, 9.17) is 4.42 Å². The quantitative estimate of drug-likeness (QED) is 0.832. The lowest BCUT2D eigenvalue weighted by atomic mass is 10.1. The number of oxazole rings is 1. The average molecular weight is 231 g/mol. The van der Waals surface area contributed by atoms with E-state index >= 15 is 0 Å². The van der Waals surface area contributed by atoms with Crippen molar-refractivity contribution in [2.24, 2.45) is 0 Å². The minimum Gasteiger partial charge on any atom is -0.441 e. The summed E-state index contributed by atoms with van der Waals surface area (Å²) in [5, 5.41) is 6.93. The highest BCUT2D eigenvalue weighted by Crippen LogP contribution is 2.21. The Hall–Kier alpha value is -1.55. The highest BCUT2D eigenvalue weighted by molar-refractivity contribution is 5.77. The maximum Gasteiger partial charge on any atom is 0.192 e. The number of aryl methyl sites for hydroxylation is 1. The van der Waals surface area contributed by atoms with Gasteiger partial charge < -0.3 is 15.1 Å². The summed E-state index contributed by atoms with van der Waals surface area (Å²) in [6.07, 6.45) is 2.35. The van der Waals surface area contributed by atoms with Crippen LogP contribution in [-0.4, -0.2) is 24.1 Å². The Kier molecular flexibility index (Phi) is 2.73. The highest BCUT2D eigenvalue weighted by atomic mass is 16.3. The molecular formula is C13H17N3O. The van der Waals surface area contributed by atoms with E-state index in [1.165, 1.54) is 12.8 Å². The van der Waals surface area contributed by atoms with Crippen molar-refractivity contribution in [1.82, 2.24) is 10.3 Å². The Labute approximate surface area is 100 Å². The second-order valence-corrected chi connectivity index (χ2v) is 4.58. The summed E-state index contributed by atoms with van der Waals surface area (Å²) in [7, 11) is 0. The lowest BCUT2D eigenvalue weighted by molar-refractivity contribution is 0.479. The number of aromatic nitrogens is 1. The first-order chi connectivity index (χ1) is 8.31. The van der Waals surface area contributed by atoms with Crippen molar-refractivity contribution in [3.05, 3.63) is 24.1 Å². The number of nitrogens with one attached hydrogen (secondary N) is 2. The molecule has 0 unspecified atom stereocenters. The van der Waals surface area contributed by atoms with Crippen LogP contribution in [0.4, 0.5) is 5.69 Å². The Bertz CT molecular complexity index is 514. The zero-order valence-electron chi connectivity index (χ0n) is 9.99. The summed E-state index contributed by atoms with van der Waals surface area (Å²) in [5.74, 6) is 0.721. The summed E-state index contributed by atoms with van der Waals surface area (Å²) in [5.41, 5.74) is 2.93. The van der Waals surface area contributed by atoms with Crippen molar-refractivity contribution >= 4 is 16.8 Å². The SMILES string of the molecule is Cc1nc2cc(NC3CCNCC3)ccc2o1. The van der Waals surface area contributed by atoms with Crippen LogP contribution in [0.1, 0.15) is 18.7 Å². The maximum atomic E-state index is 5.46. The molecule has 0 bridgehead atoms. The Balaban J connectivity index is 1.79. The van der Waals surface area contributed by atoms with Crippen molar-refractivity contribution in [1.29, 1.82) is 0 Å². The predicted molar refractivity (Wildman–Crippen MR) is 68.3 cm³/mol. The third-order valence-corrected chi connectivity index (χ3v) is 3.20. The number of rotatable bonds is 2. The lowest BCUT2D eigenvalue weighted by Crippen LogP contribution is -2.35. The van der Waals surface area contributed by atoms with Gasteiger partial charge in [0.15, 0.2) is 11.5 Å². The first kappa shape index (κ1) is 10.6. The van der Waals surface area contributed by atoms with E-state index in [1.54, 1.807) is 0 Å². The highest BCUT2D eigenvalue weighted by Gasteiger charge is 2.13. The second kappa shape index (κ2) is 4.37. The first-order valence-corrected chi connectivity index (χ1v) is 6.16. The molecule has 1 aliphatic heterocycles. The maximum absolute atomic E-state index is 5.46. The molecule has 0 radical (unpaired) electrons. The van der Waals surface area contributed by atoms with Gasteiger partial charge in [-0.05, 0) is 44.1 Å². The normalized spacial score (nSPS) is 17.5. The number of anilines is 1. The van der Waals surface area contributed by atoms with Gasteiger partial charge >= 0.3 is 0 Å². The molecule has 4 nitrogen and oxygen atoms in total. The average Bonchev–Trinajstić information content (AvgIpc) is 2.70. The Morgan fingerprint density at radius 1 is 1.35 bits per heavy atom. The molecule has 0 spiro atoms. The molecule has 0 saturated carbocycles. The summed E-state index contributed by atoms with van der Waals surface area (Å²) in [6.45, 7) is 4.08. The van der Waals surface area contributed by atoms with Crippen LogP contribution in [0.15, 0.2) is 22.6 Å².